The monoisotopic (exact) mass is 408 g/mol. The van der Waals surface area contributed by atoms with Crippen molar-refractivity contribution >= 4 is 27.5 Å². The summed E-state index contributed by atoms with van der Waals surface area (Å²) in [4.78, 5) is 12.6. The van der Waals surface area contributed by atoms with Crippen LogP contribution in [0, 0.1) is 6.92 Å². The van der Waals surface area contributed by atoms with Gasteiger partial charge >= 0.3 is 0 Å². The van der Waals surface area contributed by atoms with Gasteiger partial charge in [-0.2, -0.15) is 4.31 Å². The molecule has 144 valence electrons. The van der Waals surface area contributed by atoms with Crippen molar-refractivity contribution in [3.63, 3.8) is 0 Å². The van der Waals surface area contributed by atoms with Crippen molar-refractivity contribution < 1.29 is 17.9 Å². The van der Waals surface area contributed by atoms with Crippen molar-refractivity contribution in [2.75, 3.05) is 26.3 Å². The van der Waals surface area contributed by atoms with Crippen LogP contribution in [-0.4, -0.2) is 44.9 Å². The highest BCUT2D eigenvalue weighted by Crippen LogP contribution is 2.23. The predicted molar refractivity (Wildman–Crippen MR) is 103 cm³/mol. The fraction of sp³-hybridized carbons (Fsp3) is 0.316. The van der Waals surface area contributed by atoms with Crippen LogP contribution >= 0.6 is 11.6 Å². The molecule has 2 aromatic rings. The molecule has 0 aliphatic carbocycles. The fourth-order valence-corrected chi connectivity index (χ4v) is 4.40. The summed E-state index contributed by atoms with van der Waals surface area (Å²) in [5.41, 5.74) is 2.22. The molecule has 1 N–H and O–H groups in total. The van der Waals surface area contributed by atoms with Gasteiger partial charge in [-0.3, -0.25) is 4.79 Å². The second-order valence-corrected chi connectivity index (χ2v) is 8.67. The first-order valence-corrected chi connectivity index (χ1v) is 10.4. The van der Waals surface area contributed by atoms with E-state index < -0.39 is 15.9 Å². The SMILES string of the molecule is Cc1ccc(CNC(=O)c2cc(S(=O)(=O)N3CCOCC3)ccc2Cl)cc1. The van der Waals surface area contributed by atoms with Crippen molar-refractivity contribution in [3.8, 4) is 0 Å². The molecule has 0 saturated carbocycles. The number of benzene rings is 2. The third-order valence-corrected chi connectivity index (χ3v) is 6.59. The zero-order valence-corrected chi connectivity index (χ0v) is 16.5. The molecule has 0 radical (unpaired) electrons. The number of nitrogens with one attached hydrogen (secondary N) is 1. The van der Waals surface area contributed by atoms with Crippen LogP contribution in [0.5, 0.6) is 0 Å². The molecule has 1 fully saturated rings. The number of sulfonamides is 1. The van der Waals surface area contributed by atoms with Gasteiger partial charge in [-0.15, -0.1) is 0 Å². The lowest BCUT2D eigenvalue weighted by atomic mass is 10.1. The molecule has 1 aliphatic heterocycles. The van der Waals surface area contributed by atoms with Crippen LogP contribution in [0.1, 0.15) is 21.5 Å². The highest BCUT2D eigenvalue weighted by atomic mass is 35.5. The van der Waals surface area contributed by atoms with Gasteiger partial charge in [-0.1, -0.05) is 41.4 Å². The molecule has 8 heteroatoms. The standard InChI is InChI=1S/C19H21ClN2O4S/c1-14-2-4-15(5-3-14)13-21-19(23)17-12-16(6-7-18(17)20)27(24,25)22-8-10-26-11-9-22/h2-7,12H,8-11,13H2,1H3,(H,21,23). The number of halogens is 1. The first-order valence-electron chi connectivity index (χ1n) is 8.59. The van der Waals surface area contributed by atoms with Gasteiger partial charge in [0.15, 0.2) is 0 Å². The molecule has 0 spiro atoms. The van der Waals surface area contributed by atoms with E-state index in [9.17, 15) is 13.2 Å². The smallest absolute Gasteiger partial charge is 0.253 e. The normalized spacial score (nSPS) is 15.5. The Bertz CT molecular complexity index is 923. The number of hydrogen-bond acceptors (Lipinski definition) is 4. The van der Waals surface area contributed by atoms with Crippen LogP contribution in [0.2, 0.25) is 5.02 Å². The summed E-state index contributed by atoms with van der Waals surface area (Å²) in [5.74, 6) is -0.417. The molecule has 0 bridgehead atoms. The van der Waals surface area contributed by atoms with Crippen LogP contribution in [0.15, 0.2) is 47.4 Å². The molecule has 1 heterocycles. The number of ether oxygens (including phenoxy) is 1. The van der Waals surface area contributed by atoms with E-state index in [-0.39, 0.29) is 15.5 Å². The maximum Gasteiger partial charge on any atom is 0.253 e. The summed E-state index contributed by atoms with van der Waals surface area (Å²) >= 11 is 6.14. The Kier molecular flexibility index (Phi) is 6.16. The van der Waals surface area contributed by atoms with Gasteiger partial charge in [0.1, 0.15) is 0 Å². The molecular weight excluding hydrogens is 388 g/mol. The average Bonchev–Trinajstić information content (AvgIpc) is 2.68. The molecular formula is C19H21ClN2O4S. The number of morpholine rings is 1. The van der Waals surface area contributed by atoms with Crippen LogP contribution in [0.25, 0.3) is 0 Å². The maximum absolute atomic E-state index is 12.8. The van der Waals surface area contributed by atoms with E-state index in [1.54, 1.807) is 0 Å². The molecule has 2 aromatic carbocycles. The summed E-state index contributed by atoms with van der Waals surface area (Å²) in [5, 5.41) is 2.99. The fourth-order valence-electron chi connectivity index (χ4n) is 2.76. The van der Waals surface area contributed by atoms with E-state index in [0.717, 1.165) is 11.1 Å². The van der Waals surface area contributed by atoms with Gasteiger partial charge < -0.3 is 10.1 Å². The largest absolute Gasteiger partial charge is 0.379 e. The first kappa shape index (κ1) is 19.8. The lowest BCUT2D eigenvalue weighted by Gasteiger charge is -2.26. The highest BCUT2D eigenvalue weighted by Gasteiger charge is 2.27. The Morgan fingerprint density at radius 2 is 1.81 bits per heavy atom. The zero-order chi connectivity index (χ0) is 19.4. The third kappa shape index (κ3) is 4.68. The van der Waals surface area contributed by atoms with Crippen molar-refractivity contribution in [2.45, 2.75) is 18.4 Å². The van der Waals surface area contributed by atoms with E-state index in [1.807, 2.05) is 31.2 Å². The molecule has 6 nitrogen and oxygen atoms in total. The van der Waals surface area contributed by atoms with Crippen LogP contribution in [-0.2, 0) is 21.3 Å². The van der Waals surface area contributed by atoms with E-state index >= 15 is 0 Å². The quantitative estimate of drug-likeness (QED) is 0.825. The van der Waals surface area contributed by atoms with Crippen LogP contribution < -0.4 is 5.32 Å². The summed E-state index contributed by atoms with van der Waals surface area (Å²) in [6.45, 7) is 3.62. The van der Waals surface area contributed by atoms with Crippen molar-refractivity contribution in [2.24, 2.45) is 0 Å². The highest BCUT2D eigenvalue weighted by molar-refractivity contribution is 7.89. The first-order chi connectivity index (χ1) is 12.9. The van der Waals surface area contributed by atoms with Crippen molar-refractivity contribution in [1.82, 2.24) is 9.62 Å². The molecule has 0 atom stereocenters. The van der Waals surface area contributed by atoms with Gasteiger partial charge in [-0.05, 0) is 30.7 Å². The van der Waals surface area contributed by atoms with E-state index in [1.165, 1.54) is 22.5 Å². The molecule has 1 amide bonds. The minimum absolute atomic E-state index is 0.0503. The topological polar surface area (TPSA) is 75.7 Å². The second kappa shape index (κ2) is 8.39. The van der Waals surface area contributed by atoms with Crippen LogP contribution in [0.4, 0.5) is 0 Å². The number of aryl methyl sites for hydroxylation is 1. The van der Waals surface area contributed by atoms with Gasteiger partial charge in [0.2, 0.25) is 10.0 Å². The number of rotatable bonds is 5. The molecule has 0 aromatic heterocycles. The lowest BCUT2D eigenvalue weighted by molar-refractivity contribution is 0.0730. The Morgan fingerprint density at radius 3 is 2.48 bits per heavy atom. The summed E-state index contributed by atoms with van der Waals surface area (Å²) < 4.78 is 32.1. The third-order valence-electron chi connectivity index (χ3n) is 4.36. The molecule has 27 heavy (non-hydrogen) atoms. The Hall–Kier alpha value is -1.93. The van der Waals surface area contributed by atoms with Crippen LogP contribution in [0.3, 0.4) is 0 Å². The summed E-state index contributed by atoms with van der Waals surface area (Å²) in [6, 6.07) is 12.0. The molecule has 1 saturated heterocycles. The average molecular weight is 409 g/mol. The number of amides is 1. The Labute approximate surface area is 164 Å². The number of nitrogens with zero attached hydrogens (tertiary/aromatic N) is 1. The maximum atomic E-state index is 12.8. The Balaban J connectivity index is 1.78. The molecule has 1 aliphatic rings. The van der Waals surface area contributed by atoms with Crippen molar-refractivity contribution in [1.29, 1.82) is 0 Å². The number of carbonyl (C=O) groups is 1. The van der Waals surface area contributed by atoms with Gasteiger partial charge in [-0.25, -0.2) is 8.42 Å². The van der Waals surface area contributed by atoms with Gasteiger partial charge in [0.05, 0.1) is 28.7 Å². The Morgan fingerprint density at radius 1 is 1.15 bits per heavy atom. The molecule has 0 unspecified atom stereocenters. The zero-order valence-electron chi connectivity index (χ0n) is 14.9. The van der Waals surface area contributed by atoms with Gasteiger partial charge in [0, 0.05) is 19.6 Å². The molecule has 3 rings (SSSR count). The van der Waals surface area contributed by atoms with Crippen molar-refractivity contribution in [3.05, 3.63) is 64.2 Å². The van der Waals surface area contributed by atoms with Gasteiger partial charge in [0.25, 0.3) is 5.91 Å². The minimum atomic E-state index is -3.69. The van der Waals surface area contributed by atoms with E-state index in [0.29, 0.717) is 32.8 Å². The minimum Gasteiger partial charge on any atom is -0.379 e. The number of carbonyl (C=O) groups excluding carboxylic acids is 1. The summed E-state index contributed by atoms with van der Waals surface area (Å²) in [6.07, 6.45) is 0. The lowest BCUT2D eigenvalue weighted by Crippen LogP contribution is -2.40. The van der Waals surface area contributed by atoms with E-state index in [2.05, 4.69) is 5.32 Å². The predicted octanol–water partition coefficient (Wildman–Crippen LogP) is 2.60. The second-order valence-electron chi connectivity index (χ2n) is 6.33. The number of hydrogen-bond donors (Lipinski definition) is 1. The van der Waals surface area contributed by atoms with E-state index in [4.69, 9.17) is 16.3 Å². The summed E-state index contributed by atoms with van der Waals surface area (Å²) in [7, 11) is -3.69.